The smallest absolute Gasteiger partial charge is 0.412 e. The zero-order chi connectivity index (χ0) is 31.1. The monoisotopic (exact) mass is 605 g/mol. The van der Waals surface area contributed by atoms with Crippen molar-refractivity contribution in [1.29, 1.82) is 0 Å². The summed E-state index contributed by atoms with van der Waals surface area (Å²) in [6, 6.07) is 13.5. The van der Waals surface area contributed by atoms with Gasteiger partial charge in [-0.1, -0.05) is 44.2 Å². The first-order valence-electron chi connectivity index (χ1n) is 13.9. The summed E-state index contributed by atoms with van der Waals surface area (Å²) in [7, 11) is -2.49. The molecular weight excluding hydrogens is 562 g/mol. The van der Waals surface area contributed by atoms with Crippen LogP contribution < -0.4 is 10.1 Å². The molecule has 2 amide bonds. The molecule has 1 aliphatic rings. The second kappa shape index (κ2) is 14.3. The van der Waals surface area contributed by atoms with Crippen molar-refractivity contribution >= 4 is 22.0 Å². The molecule has 0 spiro atoms. The second-order valence-electron chi connectivity index (χ2n) is 11.7. The highest BCUT2D eigenvalue weighted by Gasteiger charge is 2.39. The Morgan fingerprint density at radius 3 is 2.31 bits per heavy atom. The van der Waals surface area contributed by atoms with Gasteiger partial charge < -0.3 is 24.6 Å². The number of carbonyl (C=O) groups excluding carboxylic acids is 2. The third-order valence-electron chi connectivity index (χ3n) is 6.56. The van der Waals surface area contributed by atoms with E-state index in [1.165, 1.54) is 28.4 Å². The molecule has 2 aromatic rings. The fraction of sp³-hybridized carbons (Fsp3) is 0.533. The molecule has 0 saturated carbocycles. The summed E-state index contributed by atoms with van der Waals surface area (Å²) in [6.45, 7) is 8.70. The number of methoxy groups -OCH3 is 1. The lowest BCUT2D eigenvalue weighted by molar-refractivity contribution is -0.126. The van der Waals surface area contributed by atoms with Crippen LogP contribution in [0.1, 0.15) is 40.2 Å². The number of nitrogens with one attached hydrogen (secondary N) is 1. The Hall–Kier alpha value is -3.19. The molecule has 1 fully saturated rings. The van der Waals surface area contributed by atoms with E-state index < -0.39 is 45.8 Å². The first-order valence-corrected chi connectivity index (χ1v) is 15.4. The quantitative estimate of drug-likeness (QED) is 0.377. The summed E-state index contributed by atoms with van der Waals surface area (Å²) in [5.41, 5.74) is 0.0732. The number of carbonyl (C=O) groups is 2. The van der Waals surface area contributed by atoms with Gasteiger partial charge in [-0.2, -0.15) is 4.31 Å². The molecule has 2 N–H and O–H groups in total. The van der Waals surface area contributed by atoms with Gasteiger partial charge >= 0.3 is 6.09 Å². The van der Waals surface area contributed by atoms with Gasteiger partial charge in [0.05, 0.1) is 30.8 Å². The average molecular weight is 606 g/mol. The lowest BCUT2D eigenvalue weighted by Crippen LogP contribution is -2.56. The second-order valence-corrected chi connectivity index (χ2v) is 13.7. The maximum atomic E-state index is 13.7. The summed E-state index contributed by atoms with van der Waals surface area (Å²) in [5, 5.41) is 14.4. The lowest BCUT2D eigenvalue weighted by Gasteiger charge is -2.32. The van der Waals surface area contributed by atoms with Crippen molar-refractivity contribution in [3.63, 3.8) is 0 Å². The minimum atomic E-state index is -3.99. The normalized spacial score (nSPS) is 17.3. The lowest BCUT2D eigenvalue weighted by atomic mass is 10.0. The number of benzene rings is 2. The van der Waals surface area contributed by atoms with Crippen LogP contribution >= 0.6 is 0 Å². The van der Waals surface area contributed by atoms with Crippen LogP contribution in [-0.4, -0.2) is 92.1 Å². The topological polar surface area (TPSA) is 135 Å². The van der Waals surface area contributed by atoms with E-state index in [-0.39, 0.29) is 43.7 Å². The molecule has 0 bridgehead atoms. The van der Waals surface area contributed by atoms with Gasteiger partial charge in [-0.15, -0.1) is 0 Å². The van der Waals surface area contributed by atoms with Crippen LogP contribution in [0.3, 0.4) is 0 Å². The Balaban J connectivity index is 1.85. The Bertz CT molecular complexity index is 1280. The molecule has 0 radical (unpaired) electrons. The Morgan fingerprint density at radius 2 is 1.74 bits per heavy atom. The third kappa shape index (κ3) is 9.15. The van der Waals surface area contributed by atoms with Crippen molar-refractivity contribution in [2.24, 2.45) is 5.92 Å². The largest absolute Gasteiger partial charge is 0.497 e. The van der Waals surface area contributed by atoms with Crippen molar-refractivity contribution in [2.75, 3.05) is 33.5 Å². The molecule has 3 atom stereocenters. The number of hydrogen-bond donors (Lipinski definition) is 2. The van der Waals surface area contributed by atoms with Crippen molar-refractivity contribution in [3.05, 3.63) is 60.2 Å². The molecule has 232 valence electrons. The molecule has 2 aromatic carbocycles. The average Bonchev–Trinajstić information content (AvgIpc) is 3.42. The van der Waals surface area contributed by atoms with Gasteiger partial charge in [-0.3, -0.25) is 9.69 Å². The molecule has 11 nitrogen and oxygen atoms in total. The highest BCUT2D eigenvalue weighted by molar-refractivity contribution is 7.89. The number of aliphatic hydroxyl groups is 1. The van der Waals surface area contributed by atoms with Gasteiger partial charge in [0.15, 0.2) is 0 Å². The Kier molecular flexibility index (Phi) is 11.4. The number of ether oxygens (including phenoxy) is 3. The maximum absolute atomic E-state index is 13.7. The summed E-state index contributed by atoms with van der Waals surface area (Å²) < 4.78 is 44.6. The van der Waals surface area contributed by atoms with Crippen LogP contribution in [0.4, 0.5) is 4.79 Å². The number of hydrogen-bond acceptors (Lipinski definition) is 8. The van der Waals surface area contributed by atoms with Crippen LogP contribution in [0, 0.1) is 5.92 Å². The fourth-order valence-corrected chi connectivity index (χ4v) is 6.12. The van der Waals surface area contributed by atoms with E-state index in [1.54, 1.807) is 32.9 Å². The summed E-state index contributed by atoms with van der Waals surface area (Å²) in [6.07, 6.45) is -1.74. The van der Waals surface area contributed by atoms with Crippen molar-refractivity contribution < 1.29 is 37.3 Å². The van der Waals surface area contributed by atoms with Gasteiger partial charge in [0.1, 0.15) is 24.1 Å². The molecule has 12 heteroatoms. The fourth-order valence-electron chi connectivity index (χ4n) is 4.50. The zero-order valence-corrected chi connectivity index (χ0v) is 26.0. The number of amides is 2. The van der Waals surface area contributed by atoms with Gasteiger partial charge in [-0.25, -0.2) is 13.2 Å². The predicted molar refractivity (Wildman–Crippen MR) is 157 cm³/mol. The molecule has 1 heterocycles. The van der Waals surface area contributed by atoms with Gasteiger partial charge in [0.2, 0.25) is 15.9 Å². The summed E-state index contributed by atoms with van der Waals surface area (Å²) in [5.74, 6) is -0.0523. The van der Waals surface area contributed by atoms with Crippen LogP contribution in [0.25, 0.3) is 0 Å². The van der Waals surface area contributed by atoms with Gasteiger partial charge in [0, 0.05) is 13.1 Å². The molecule has 0 aromatic heterocycles. The maximum Gasteiger partial charge on any atom is 0.412 e. The van der Waals surface area contributed by atoms with Crippen LogP contribution in [0.2, 0.25) is 0 Å². The molecule has 0 aliphatic carbocycles. The molecule has 1 aliphatic heterocycles. The minimum absolute atomic E-state index is 0.0367. The molecule has 42 heavy (non-hydrogen) atoms. The highest BCUT2D eigenvalue weighted by atomic mass is 32.2. The highest BCUT2D eigenvalue weighted by Crippen LogP contribution is 2.22. The first kappa shape index (κ1) is 33.3. The number of sulfonamides is 1. The van der Waals surface area contributed by atoms with E-state index in [0.717, 1.165) is 5.56 Å². The van der Waals surface area contributed by atoms with Crippen molar-refractivity contribution in [3.8, 4) is 5.75 Å². The van der Waals surface area contributed by atoms with Crippen LogP contribution in [-0.2, 0) is 30.7 Å². The van der Waals surface area contributed by atoms with Crippen molar-refractivity contribution in [1.82, 2.24) is 14.5 Å². The van der Waals surface area contributed by atoms with Crippen LogP contribution in [0.5, 0.6) is 5.75 Å². The molecule has 3 rings (SSSR count). The molecule has 1 unspecified atom stereocenters. The van der Waals surface area contributed by atoms with Gasteiger partial charge in [-0.05, 0) is 62.9 Å². The number of nitrogens with zero attached hydrogens (tertiary/aromatic N) is 2. The standard InChI is InChI=1S/C30H43N3O8S/c1-21(2)17-32(42(37,38)24-14-12-23(39-6)13-15-24)18-27(34)25(16-22-10-8-7-9-11-22)31-28(35)26-19-40-20-33(26)29(36)41-30(3,4)5/h7-15,21,25-27,34H,16-20H2,1-6H3,(H,31,35)/t25-,26?,27+/m0/s1. The van der Waals surface area contributed by atoms with Crippen molar-refractivity contribution in [2.45, 2.75) is 69.7 Å². The SMILES string of the molecule is COc1ccc(S(=O)(=O)N(CC(C)C)C[C@@H](O)[C@H](Cc2ccccc2)NC(=O)C2COCN2C(=O)OC(C)(C)C)cc1. The number of rotatable bonds is 12. The van der Waals surface area contributed by atoms with E-state index in [1.807, 2.05) is 44.2 Å². The minimum Gasteiger partial charge on any atom is -0.497 e. The summed E-state index contributed by atoms with van der Waals surface area (Å²) >= 11 is 0. The zero-order valence-electron chi connectivity index (χ0n) is 25.1. The first-order chi connectivity index (χ1) is 19.7. The molecular formula is C30H43N3O8S. The van der Waals surface area contributed by atoms with E-state index in [0.29, 0.717) is 5.75 Å². The third-order valence-corrected chi connectivity index (χ3v) is 8.41. The van der Waals surface area contributed by atoms with E-state index in [2.05, 4.69) is 5.32 Å². The van der Waals surface area contributed by atoms with Crippen LogP contribution in [0.15, 0.2) is 59.5 Å². The van der Waals surface area contributed by atoms with E-state index in [4.69, 9.17) is 14.2 Å². The van der Waals surface area contributed by atoms with E-state index in [9.17, 15) is 23.1 Å². The number of aliphatic hydroxyl groups excluding tert-OH is 1. The summed E-state index contributed by atoms with van der Waals surface area (Å²) in [4.78, 5) is 27.5. The Labute approximate surface area is 248 Å². The predicted octanol–water partition coefficient (Wildman–Crippen LogP) is 3.02. The Morgan fingerprint density at radius 1 is 1.10 bits per heavy atom. The molecule has 1 saturated heterocycles. The van der Waals surface area contributed by atoms with E-state index >= 15 is 0 Å². The van der Waals surface area contributed by atoms with Gasteiger partial charge in [0.25, 0.3) is 0 Å².